The van der Waals surface area contributed by atoms with Crippen LogP contribution in [0.4, 0.5) is 4.39 Å². The second-order valence-corrected chi connectivity index (χ2v) is 7.42. The molecule has 8 heteroatoms. The first kappa shape index (κ1) is 18.2. The van der Waals surface area contributed by atoms with Crippen molar-refractivity contribution in [1.29, 1.82) is 0 Å². The number of nitrogens with one attached hydrogen (secondary N) is 2. The number of aromatic nitrogens is 6. The molecule has 32 heavy (non-hydrogen) atoms. The fourth-order valence-corrected chi connectivity index (χ4v) is 3.86. The van der Waals surface area contributed by atoms with Crippen molar-refractivity contribution in [1.82, 2.24) is 30.1 Å². The van der Waals surface area contributed by atoms with Crippen LogP contribution < -0.4 is 0 Å². The highest BCUT2D eigenvalue weighted by molar-refractivity contribution is 5.97. The first-order valence-electron chi connectivity index (χ1n) is 9.89. The second-order valence-electron chi connectivity index (χ2n) is 7.42. The van der Waals surface area contributed by atoms with Gasteiger partial charge in [-0.25, -0.2) is 9.37 Å². The summed E-state index contributed by atoms with van der Waals surface area (Å²) >= 11 is 0. The summed E-state index contributed by atoms with van der Waals surface area (Å²) in [6, 6.07) is 15.7. The van der Waals surface area contributed by atoms with E-state index in [1.54, 1.807) is 24.5 Å². The number of benzene rings is 2. The molecule has 6 aromatic rings. The van der Waals surface area contributed by atoms with Gasteiger partial charge in [-0.15, -0.1) is 0 Å². The summed E-state index contributed by atoms with van der Waals surface area (Å²) in [6.07, 6.45) is 4.70. The fourth-order valence-electron chi connectivity index (χ4n) is 3.86. The Bertz CT molecular complexity index is 1620. The third-order valence-corrected chi connectivity index (χ3v) is 5.34. The summed E-state index contributed by atoms with van der Waals surface area (Å²) in [4.78, 5) is 16.6. The second kappa shape index (κ2) is 6.98. The molecule has 0 amide bonds. The zero-order valence-corrected chi connectivity index (χ0v) is 16.5. The smallest absolute Gasteiger partial charge is 0.159 e. The van der Waals surface area contributed by atoms with Gasteiger partial charge in [-0.05, 0) is 35.9 Å². The molecule has 7 nitrogen and oxygen atoms in total. The normalized spacial score (nSPS) is 11.4. The zero-order valence-electron chi connectivity index (χ0n) is 16.5. The van der Waals surface area contributed by atoms with Crippen molar-refractivity contribution in [2.24, 2.45) is 0 Å². The monoisotopic (exact) mass is 422 g/mol. The molecule has 0 fully saturated rings. The van der Waals surface area contributed by atoms with Crippen LogP contribution in [0.3, 0.4) is 0 Å². The van der Waals surface area contributed by atoms with E-state index in [4.69, 9.17) is 4.98 Å². The number of halogens is 1. The quantitative estimate of drug-likeness (QED) is 0.369. The molecule has 4 aromatic heterocycles. The number of nitrogens with zero attached hydrogens (tertiary/aromatic N) is 4. The van der Waals surface area contributed by atoms with E-state index >= 15 is 0 Å². The van der Waals surface area contributed by atoms with Crippen LogP contribution in [0.5, 0.6) is 5.75 Å². The van der Waals surface area contributed by atoms with Gasteiger partial charge in [0, 0.05) is 22.7 Å². The molecule has 0 aliphatic heterocycles. The molecule has 0 saturated carbocycles. The van der Waals surface area contributed by atoms with Crippen molar-refractivity contribution in [3.63, 3.8) is 0 Å². The molecule has 0 aliphatic rings. The molecule has 3 N–H and O–H groups in total. The average molecular weight is 422 g/mol. The minimum Gasteiger partial charge on any atom is -0.506 e. The van der Waals surface area contributed by atoms with Crippen LogP contribution in [-0.2, 0) is 0 Å². The van der Waals surface area contributed by atoms with Gasteiger partial charge in [-0.2, -0.15) is 5.10 Å². The fraction of sp³-hybridized carbons (Fsp3) is 0. The molecule has 0 spiro atoms. The van der Waals surface area contributed by atoms with Gasteiger partial charge in [0.25, 0.3) is 0 Å². The average Bonchev–Trinajstić information content (AvgIpc) is 3.42. The Kier molecular flexibility index (Phi) is 3.97. The Balaban J connectivity index is 1.51. The predicted octanol–water partition coefficient (Wildman–Crippen LogP) is 5.07. The summed E-state index contributed by atoms with van der Waals surface area (Å²) in [6.45, 7) is 0. The maximum absolute atomic E-state index is 13.8. The lowest BCUT2D eigenvalue weighted by atomic mass is 10.0. The molecule has 0 aliphatic carbocycles. The van der Waals surface area contributed by atoms with Crippen LogP contribution in [0.15, 0.2) is 73.2 Å². The first-order chi connectivity index (χ1) is 15.7. The highest BCUT2D eigenvalue weighted by atomic mass is 19.1. The van der Waals surface area contributed by atoms with E-state index in [1.807, 2.05) is 30.3 Å². The maximum atomic E-state index is 13.8. The maximum Gasteiger partial charge on any atom is 0.159 e. The molecular weight excluding hydrogens is 407 g/mol. The van der Waals surface area contributed by atoms with Crippen molar-refractivity contribution in [3.05, 3.63) is 79.0 Å². The third-order valence-electron chi connectivity index (χ3n) is 5.34. The largest absolute Gasteiger partial charge is 0.506 e. The lowest BCUT2D eigenvalue weighted by Crippen LogP contribution is -1.86. The Hall–Kier alpha value is -4.59. The minimum atomic E-state index is -0.296. The lowest BCUT2D eigenvalue weighted by molar-refractivity contribution is 0.473. The third kappa shape index (κ3) is 2.97. The van der Waals surface area contributed by atoms with Crippen molar-refractivity contribution in [3.8, 4) is 39.7 Å². The Morgan fingerprint density at radius 3 is 2.66 bits per heavy atom. The number of aromatic hydroxyl groups is 1. The molecule has 154 valence electrons. The van der Waals surface area contributed by atoms with Crippen molar-refractivity contribution in [2.75, 3.05) is 0 Å². The van der Waals surface area contributed by atoms with Crippen molar-refractivity contribution in [2.45, 2.75) is 0 Å². The van der Waals surface area contributed by atoms with Crippen LogP contribution >= 0.6 is 0 Å². The number of H-pyrrole nitrogens is 2. The van der Waals surface area contributed by atoms with E-state index in [0.717, 1.165) is 33.1 Å². The molecular formula is C24H15FN6O. The van der Waals surface area contributed by atoms with Gasteiger partial charge in [0.2, 0.25) is 0 Å². The van der Waals surface area contributed by atoms with Gasteiger partial charge in [-0.3, -0.25) is 15.1 Å². The van der Waals surface area contributed by atoms with E-state index < -0.39 is 0 Å². The standard InChI is InChI=1S/C24H15FN6O/c25-15-4-1-3-13(7-15)17-5-2-6-19-22(17)29-24(28-19)23-18-9-20(27-12-21(18)30-31-23)14-8-16(32)11-26-10-14/h1-12,32H,(H,28,29)(H,30,31). The van der Waals surface area contributed by atoms with Crippen LogP contribution in [0.1, 0.15) is 0 Å². The number of pyridine rings is 2. The highest BCUT2D eigenvalue weighted by Crippen LogP contribution is 2.32. The van der Waals surface area contributed by atoms with Crippen molar-refractivity contribution < 1.29 is 9.50 Å². The molecule has 0 unspecified atom stereocenters. The van der Waals surface area contributed by atoms with E-state index in [1.165, 1.54) is 18.3 Å². The van der Waals surface area contributed by atoms with Crippen LogP contribution in [0.25, 0.3) is 55.8 Å². The molecule has 0 atom stereocenters. The Morgan fingerprint density at radius 2 is 1.78 bits per heavy atom. The van der Waals surface area contributed by atoms with Gasteiger partial charge >= 0.3 is 0 Å². The van der Waals surface area contributed by atoms with Gasteiger partial charge in [0.15, 0.2) is 5.82 Å². The van der Waals surface area contributed by atoms with E-state index in [-0.39, 0.29) is 11.6 Å². The minimum absolute atomic E-state index is 0.0685. The van der Waals surface area contributed by atoms with Gasteiger partial charge in [0.05, 0.1) is 34.6 Å². The van der Waals surface area contributed by atoms with E-state index in [9.17, 15) is 9.50 Å². The number of fused-ring (bicyclic) bond motifs is 2. The molecule has 6 rings (SSSR count). The van der Waals surface area contributed by atoms with Crippen molar-refractivity contribution >= 4 is 21.9 Å². The van der Waals surface area contributed by atoms with Crippen LogP contribution in [0.2, 0.25) is 0 Å². The molecule has 0 radical (unpaired) electrons. The molecule has 0 bridgehead atoms. The summed E-state index contributed by atoms with van der Waals surface area (Å²) in [7, 11) is 0. The molecule has 2 aromatic carbocycles. The van der Waals surface area contributed by atoms with E-state index in [0.29, 0.717) is 22.8 Å². The highest BCUT2D eigenvalue weighted by Gasteiger charge is 2.16. The number of hydrogen-bond acceptors (Lipinski definition) is 5. The van der Waals surface area contributed by atoms with E-state index in [2.05, 4.69) is 25.1 Å². The SMILES string of the molecule is Oc1cncc(-c2cc3c(-c4nc5c(-c6cccc(F)c6)cccc5[nH]4)n[nH]c3cn2)c1. The van der Waals surface area contributed by atoms with Crippen LogP contribution in [0, 0.1) is 5.82 Å². The number of aromatic amines is 2. The first-order valence-corrected chi connectivity index (χ1v) is 9.89. The predicted molar refractivity (Wildman–Crippen MR) is 119 cm³/mol. The Morgan fingerprint density at radius 1 is 0.875 bits per heavy atom. The summed E-state index contributed by atoms with van der Waals surface area (Å²) in [5.74, 6) is 0.357. The summed E-state index contributed by atoms with van der Waals surface area (Å²) < 4.78 is 13.8. The number of hydrogen-bond donors (Lipinski definition) is 3. The van der Waals surface area contributed by atoms with Gasteiger partial charge in [-0.1, -0.05) is 24.3 Å². The zero-order chi connectivity index (χ0) is 21.7. The topological polar surface area (TPSA) is 103 Å². The molecule has 0 saturated heterocycles. The summed E-state index contributed by atoms with van der Waals surface area (Å²) in [5.41, 5.74) is 5.87. The molecule has 4 heterocycles. The van der Waals surface area contributed by atoms with Gasteiger partial charge < -0.3 is 10.1 Å². The number of para-hydroxylation sites is 1. The number of rotatable bonds is 3. The number of imidazole rings is 1. The van der Waals surface area contributed by atoms with Crippen LogP contribution in [-0.4, -0.2) is 35.2 Å². The summed E-state index contributed by atoms with van der Waals surface area (Å²) in [5, 5.41) is 18.0. The van der Waals surface area contributed by atoms with Gasteiger partial charge in [0.1, 0.15) is 17.3 Å². The Labute approximate surface area is 180 Å². The lowest BCUT2D eigenvalue weighted by Gasteiger charge is -2.02.